The van der Waals surface area contributed by atoms with E-state index in [2.05, 4.69) is 15.4 Å². The molecule has 0 saturated carbocycles. The summed E-state index contributed by atoms with van der Waals surface area (Å²) in [6.07, 6.45) is 3.98. The third-order valence-electron chi connectivity index (χ3n) is 6.56. The van der Waals surface area contributed by atoms with Gasteiger partial charge in [0.15, 0.2) is 5.69 Å². The van der Waals surface area contributed by atoms with Crippen molar-refractivity contribution in [1.29, 1.82) is 0 Å². The van der Waals surface area contributed by atoms with E-state index >= 15 is 0 Å². The molecule has 1 atom stereocenters. The molecule has 10 nitrogen and oxygen atoms in total. The maximum atomic E-state index is 13.3. The SMILES string of the molecule is COc1cccc(CC(C2CCN(C(=O)c3nonc3C)CC2)N(C)C(=O)c2ccn(C)n2)c1. The van der Waals surface area contributed by atoms with Crippen molar-refractivity contribution < 1.29 is 19.0 Å². The van der Waals surface area contributed by atoms with Gasteiger partial charge in [-0.3, -0.25) is 14.3 Å². The summed E-state index contributed by atoms with van der Waals surface area (Å²) in [6.45, 7) is 2.87. The Morgan fingerprint density at radius 1 is 1.24 bits per heavy atom. The second kappa shape index (κ2) is 10.1. The van der Waals surface area contributed by atoms with Gasteiger partial charge in [0.2, 0.25) is 0 Å². The van der Waals surface area contributed by atoms with Crippen LogP contribution in [0.2, 0.25) is 0 Å². The zero-order chi connectivity index (χ0) is 24.2. The van der Waals surface area contributed by atoms with Gasteiger partial charge in [-0.2, -0.15) is 5.10 Å². The highest BCUT2D eigenvalue weighted by atomic mass is 16.6. The summed E-state index contributed by atoms with van der Waals surface area (Å²) >= 11 is 0. The number of hydrogen-bond donors (Lipinski definition) is 0. The van der Waals surface area contributed by atoms with Crippen LogP contribution in [0.25, 0.3) is 0 Å². The number of amides is 2. The maximum absolute atomic E-state index is 13.3. The second-order valence-corrected chi connectivity index (χ2v) is 8.74. The van der Waals surface area contributed by atoms with E-state index < -0.39 is 0 Å². The van der Waals surface area contributed by atoms with Crippen LogP contribution >= 0.6 is 0 Å². The first-order chi connectivity index (χ1) is 16.4. The van der Waals surface area contributed by atoms with E-state index in [1.807, 2.05) is 31.3 Å². The summed E-state index contributed by atoms with van der Waals surface area (Å²) in [5.41, 5.74) is 2.26. The van der Waals surface area contributed by atoms with Crippen LogP contribution in [0, 0.1) is 12.8 Å². The van der Waals surface area contributed by atoms with Gasteiger partial charge in [0, 0.05) is 39.4 Å². The third kappa shape index (κ3) is 4.95. The number of benzene rings is 1. The summed E-state index contributed by atoms with van der Waals surface area (Å²) in [7, 11) is 5.28. The van der Waals surface area contributed by atoms with Crippen molar-refractivity contribution in [2.45, 2.75) is 32.2 Å². The minimum absolute atomic E-state index is 0.0608. The molecule has 2 aromatic heterocycles. The number of piperidine rings is 1. The van der Waals surface area contributed by atoms with Crippen LogP contribution in [-0.2, 0) is 13.5 Å². The van der Waals surface area contributed by atoms with Crippen molar-refractivity contribution in [3.05, 3.63) is 59.2 Å². The first-order valence-electron chi connectivity index (χ1n) is 11.4. The van der Waals surface area contributed by atoms with Crippen LogP contribution in [-0.4, -0.2) is 75.0 Å². The predicted molar refractivity (Wildman–Crippen MR) is 123 cm³/mol. The largest absolute Gasteiger partial charge is 0.497 e. The normalized spacial score (nSPS) is 15.2. The Bertz CT molecular complexity index is 1150. The summed E-state index contributed by atoms with van der Waals surface area (Å²) in [4.78, 5) is 29.7. The monoisotopic (exact) mass is 466 g/mol. The smallest absolute Gasteiger partial charge is 0.278 e. The van der Waals surface area contributed by atoms with E-state index in [1.54, 1.807) is 47.8 Å². The van der Waals surface area contributed by atoms with Gasteiger partial charge in [0.1, 0.15) is 17.1 Å². The number of ether oxygens (including phenoxy) is 1. The van der Waals surface area contributed by atoms with Crippen LogP contribution < -0.4 is 4.74 Å². The number of likely N-dealkylation sites (N-methyl/N-ethyl adjacent to an activating group) is 1. The Labute approximate surface area is 198 Å². The van der Waals surface area contributed by atoms with Crippen molar-refractivity contribution in [2.75, 3.05) is 27.2 Å². The van der Waals surface area contributed by atoms with E-state index in [1.165, 1.54) is 0 Å². The molecule has 0 bridgehead atoms. The molecule has 34 heavy (non-hydrogen) atoms. The molecule has 1 aromatic carbocycles. The average Bonchev–Trinajstić information content (AvgIpc) is 3.49. The summed E-state index contributed by atoms with van der Waals surface area (Å²) < 4.78 is 11.7. The summed E-state index contributed by atoms with van der Waals surface area (Å²) in [5.74, 6) is 0.715. The highest BCUT2D eigenvalue weighted by molar-refractivity contribution is 5.93. The van der Waals surface area contributed by atoms with E-state index in [0.717, 1.165) is 24.2 Å². The lowest BCUT2D eigenvalue weighted by Crippen LogP contribution is -2.48. The van der Waals surface area contributed by atoms with Crippen LogP contribution in [0.4, 0.5) is 0 Å². The first-order valence-corrected chi connectivity index (χ1v) is 11.4. The number of carbonyl (C=O) groups excluding carboxylic acids is 2. The fourth-order valence-electron chi connectivity index (χ4n) is 4.58. The molecule has 10 heteroatoms. The van der Waals surface area contributed by atoms with Gasteiger partial charge in [-0.15, -0.1) is 0 Å². The molecule has 4 rings (SSSR count). The molecular formula is C24H30N6O4. The molecule has 1 aliphatic heterocycles. The number of methoxy groups -OCH3 is 1. The summed E-state index contributed by atoms with van der Waals surface area (Å²) in [5, 5.41) is 11.8. The lowest BCUT2D eigenvalue weighted by atomic mass is 9.84. The molecule has 1 aliphatic rings. The molecule has 1 saturated heterocycles. The zero-order valence-electron chi connectivity index (χ0n) is 20.0. The van der Waals surface area contributed by atoms with Gasteiger partial charge in [0.25, 0.3) is 11.8 Å². The van der Waals surface area contributed by atoms with Crippen molar-refractivity contribution in [1.82, 2.24) is 29.9 Å². The predicted octanol–water partition coefficient (Wildman–Crippen LogP) is 2.36. The Balaban J connectivity index is 1.52. The molecule has 3 aromatic rings. The fraction of sp³-hybridized carbons (Fsp3) is 0.458. The van der Waals surface area contributed by atoms with E-state index in [4.69, 9.17) is 9.37 Å². The maximum Gasteiger partial charge on any atom is 0.278 e. The summed E-state index contributed by atoms with van der Waals surface area (Å²) in [6, 6.07) is 9.60. The zero-order valence-corrected chi connectivity index (χ0v) is 20.0. The molecule has 180 valence electrons. The van der Waals surface area contributed by atoms with Gasteiger partial charge in [-0.25, -0.2) is 4.63 Å². The lowest BCUT2D eigenvalue weighted by molar-refractivity contribution is 0.0513. The number of carbonyl (C=O) groups is 2. The molecule has 3 heterocycles. The number of aromatic nitrogens is 4. The Hall–Kier alpha value is -3.69. The van der Waals surface area contributed by atoms with Gasteiger partial charge in [-0.05, 0) is 61.0 Å². The van der Waals surface area contributed by atoms with Crippen LogP contribution in [0.15, 0.2) is 41.2 Å². The second-order valence-electron chi connectivity index (χ2n) is 8.74. The molecule has 0 radical (unpaired) electrons. The number of hydrogen-bond acceptors (Lipinski definition) is 7. The first kappa shape index (κ1) is 23.5. The van der Waals surface area contributed by atoms with E-state index in [-0.39, 0.29) is 29.5 Å². The number of likely N-dealkylation sites (tertiary alicyclic amines) is 1. The van der Waals surface area contributed by atoms with Crippen LogP contribution in [0.5, 0.6) is 5.75 Å². The minimum atomic E-state index is -0.167. The number of aryl methyl sites for hydroxylation is 2. The number of nitrogens with zero attached hydrogens (tertiary/aromatic N) is 6. The van der Waals surface area contributed by atoms with Crippen molar-refractivity contribution in [3.63, 3.8) is 0 Å². The molecule has 0 N–H and O–H groups in total. The standard InChI is InChI=1S/C24H30N6O4/c1-16-22(27-34-26-16)24(32)30-12-8-18(9-13-30)21(15-17-6-5-7-19(14-17)33-4)29(3)23(31)20-10-11-28(2)25-20/h5-7,10-11,14,18,21H,8-9,12-13,15H2,1-4H3. The van der Waals surface area contributed by atoms with Gasteiger partial charge in [-0.1, -0.05) is 17.3 Å². The third-order valence-corrected chi connectivity index (χ3v) is 6.56. The topological polar surface area (TPSA) is 107 Å². The van der Waals surface area contributed by atoms with E-state index in [9.17, 15) is 9.59 Å². The van der Waals surface area contributed by atoms with Crippen LogP contribution in [0.1, 0.15) is 45.1 Å². The van der Waals surface area contributed by atoms with Crippen molar-refractivity contribution in [3.8, 4) is 5.75 Å². The highest BCUT2D eigenvalue weighted by Crippen LogP contribution is 2.29. The Morgan fingerprint density at radius 2 is 2.00 bits per heavy atom. The molecule has 0 aliphatic carbocycles. The van der Waals surface area contributed by atoms with Crippen molar-refractivity contribution >= 4 is 11.8 Å². The molecule has 1 unspecified atom stereocenters. The fourth-order valence-corrected chi connectivity index (χ4v) is 4.58. The average molecular weight is 467 g/mol. The lowest BCUT2D eigenvalue weighted by Gasteiger charge is -2.39. The van der Waals surface area contributed by atoms with E-state index in [0.29, 0.717) is 30.9 Å². The Kier molecular flexibility index (Phi) is 6.95. The van der Waals surface area contributed by atoms with Crippen molar-refractivity contribution in [2.24, 2.45) is 13.0 Å². The van der Waals surface area contributed by atoms with Crippen LogP contribution in [0.3, 0.4) is 0 Å². The quantitative estimate of drug-likeness (QED) is 0.526. The Morgan fingerprint density at radius 3 is 2.62 bits per heavy atom. The molecular weight excluding hydrogens is 436 g/mol. The highest BCUT2D eigenvalue weighted by Gasteiger charge is 2.34. The molecule has 2 amide bonds. The minimum Gasteiger partial charge on any atom is -0.497 e. The molecule has 0 spiro atoms. The van der Waals surface area contributed by atoms with Gasteiger partial charge in [0.05, 0.1) is 7.11 Å². The van der Waals surface area contributed by atoms with Gasteiger partial charge >= 0.3 is 0 Å². The van der Waals surface area contributed by atoms with Gasteiger partial charge < -0.3 is 14.5 Å². The number of rotatable bonds is 7. The molecule has 1 fully saturated rings.